The highest BCUT2D eigenvalue weighted by atomic mass is 15.2. The van der Waals surface area contributed by atoms with Crippen LogP contribution in [0.2, 0.25) is 0 Å². The highest BCUT2D eigenvalue weighted by molar-refractivity contribution is 6.16. The van der Waals surface area contributed by atoms with Crippen LogP contribution in [-0.4, -0.2) is 17.2 Å². The fourth-order valence-corrected chi connectivity index (χ4v) is 12.7. The molecule has 2 heterocycles. The second-order valence-corrected chi connectivity index (χ2v) is 20.3. The van der Waals surface area contributed by atoms with Crippen LogP contribution in [0, 0.1) is 19.8 Å². The first kappa shape index (κ1) is 43.1. The molecule has 2 aliphatic carbocycles. The first-order valence-corrected chi connectivity index (χ1v) is 25.8. The minimum atomic E-state index is 0.230. The van der Waals surface area contributed by atoms with Gasteiger partial charge in [0, 0.05) is 52.4 Å². The molecule has 10 aromatic rings. The quantitative estimate of drug-likeness (QED) is 0.138. The molecular formula is C69H58N2. The molecule has 0 amide bonds. The molecule has 0 saturated heterocycles. The van der Waals surface area contributed by atoms with Crippen molar-refractivity contribution in [2.24, 2.45) is 5.92 Å². The van der Waals surface area contributed by atoms with E-state index in [1.54, 1.807) is 0 Å². The van der Waals surface area contributed by atoms with E-state index in [0.717, 1.165) is 13.1 Å². The number of para-hydroxylation sites is 2. The first-order chi connectivity index (χ1) is 34.8. The summed E-state index contributed by atoms with van der Waals surface area (Å²) in [7, 11) is 0. The van der Waals surface area contributed by atoms with E-state index in [4.69, 9.17) is 0 Å². The van der Waals surface area contributed by atoms with E-state index >= 15 is 0 Å². The number of aryl methyl sites for hydroxylation is 3. The van der Waals surface area contributed by atoms with Crippen LogP contribution in [0.4, 0.5) is 5.69 Å². The Balaban J connectivity index is 0.796. The van der Waals surface area contributed by atoms with Crippen LogP contribution in [0.3, 0.4) is 0 Å². The molecule has 1 aliphatic heterocycles. The van der Waals surface area contributed by atoms with Gasteiger partial charge in [-0.25, -0.2) is 0 Å². The van der Waals surface area contributed by atoms with Gasteiger partial charge in [0.25, 0.3) is 0 Å². The summed E-state index contributed by atoms with van der Waals surface area (Å²) in [5, 5.41) is 7.95. The average molecular weight is 915 g/mol. The smallest absolute Gasteiger partial charge is 0.0580 e. The predicted molar refractivity (Wildman–Crippen MR) is 304 cm³/mol. The summed E-state index contributed by atoms with van der Waals surface area (Å²) in [6.45, 7) is 13.3. The molecule has 0 spiro atoms. The molecule has 2 nitrogen and oxygen atoms in total. The molecule has 3 aliphatic rings. The third-order valence-corrected chi connectivity index (χ3v) is 16.2. The maximum absolute atomic E-state index is 2.54. The Labute approximate surface area is 418 Å². The number of anilines is 1. The summed E-state index contributed by atoms with van der Waals surface area (Å²) in [5.74, 6) is 0.911. The molecule has 0 fully saturated rings. The standard InChI is InChI=1S/C69H58N2/c1-6-70-64-14-10-8-12-56(64)60-41-53(31-36-66(60)70)49-20-18-46(19-21-49)47-26-28-51(29-27-47)68-58-33-16-44(4)39-63(58)69(59-34-17-43(3)38-62(59)68)55-35-30-52(40-45(55)5)48-22-24-50(25-23-48)54-32-37-67-61(42-54)57-13-9-11-15-65(57)71(67)7-2/h8-42,45,55,61,67H,6-7H2,1-5H3. The average Bonchev–Trinajstić information content (AvgIpc) is 3.91. The van der Waals surface area contributed by atoms with E-state index < -0.39 is 0 Å². The zero-order chi connectivity index (χ0) is 47.9. The molecule has 0 radical (unpaired) electrons. The maximum Gasteiger partial charge on any atom is 0.0580 e. The predicted octanol–water partition coefficient (Wildman–Crippen LogP) is 18.1. The van der Waals surface area contributed by atoms with Gasteiger partial charge >= 0.3 is 0 Å². The normalized spacial score (nSPS) is 18.4. The fraction of sp³-hybridized carbons (Fsp3) is 0.159. The van der Waals surface area contributed by atoms with E-state index in [0.29, 0.717) is 17.9 Å². The molecule has 2 heteroatoms. The highest BCUT2D eigenvalue weighted by Crippen LogP contribution is 2.48. The Kier molecular flexibility index (Phi) is 10.4. The third-order valence-electron chi connectivity index (χ3n) is 16.2. The van der Waals surface area contributed by atoms with Crippen LogP contribution in [0.25, 0.3) is 87.9 Å². The zero-order valence-electron chi connectivity index (χ0n) is 41.3. The lowest BCUT2D eigenvalue weighted by molar-refractivity contribution is 0.645. The van der Waals surface area contributed by atoms with E-state index in [-0.39, 0.29) is 5.92 Å². The van der Waals surface area contributed by atoms with Gasteiger partial charge in [0.1, 0.15) is 0 Å². The van der Waals surface area contributed by atoms with Crippen molar-refractivity contribution in [3.05, 3.63) is 246 Å². The highest BCUT2D eigenvalue weighted by Gasteiger charge is 2.36. The van der Waals surface area contributed by atoms with Crippen molar-refractivity contribution in [3.63, 3.8) is 0 Å². The molecule has 344 valence electrons. The van der Waals surface area contributed by atoms with Gasteiger partial charge in [0.05, 0.1) is 6.04 Å². The number of aromatic nitrogens is 1. The van der Waals surface area contributed by atoms with Crippen LogP contribution >= 0.6 is 0 Å². The summed E-state index contributed by atoms with van der Waals surface area (Å²) in [6.07, 6.45) is 14.6. The number of allylic oxidation sites excluding steroid dienone is 6. The number of likely N-dealkylation sites (N-methyl/N-ethyl adjacent to an activating group) is 1. The Hall–Kier alpha value is -7.94. The molecule has 0 bridgehead atoms. The fourth-order valence-electron chi connectivity index (χ4n) is 12.7. The van der Waals surface area contributed by atoms with Gasteiger partial charge in [-0.1, -0.05) is 206 Å². The van der Waals surface area contributed by atoms with Crippen molar-refractivity contribution < 1.29 is 0 Å². The first-order valence-electron chi connectivity index (χ1n) is 25.8. The molecule has 4 atom stereocenters. The Morgan fingerprint density at radius 1 is 0.423 bits per heavy atom. The maximum atomic E-state index is 2.54. The summed E-state index contributed by atoms with van der Waals surface area (Å²) in [4.78, 5) is 2.54. The topological polar surface area (TPSA) is 8.17 Å². The molecule has 13 rings (SSSR count). The molecule has 0 N–H and O–H groups in total. The van der Waals surface area contributed by atoms with Crippen molar-refractivity contribution >= 4 is 60.2 Å². The molecule has 1 aromatic heterocycles. The van der Waals surface area contributed by atoms with Crippen molar-refractivity contribution in [1.82, 2.24) is 4.57 Å². The van der Waals surface area contributed by atoms with Crippen LogP contribution in [0.5, 0.6) is 0 Å². The van der Waals surface area contributed by atoms with E-state index in [2.05, 4.69) is 256 Å². The summed E-state index contributed by atoms with van der Waals surface area (Å²) in [6, 6.07) is 66.9. The van der Waals surface area contributed by atoms with Crippen molar-refractivity contribution in [3.8, 4) is 33.4 Å². The third kappa shape index (κ3) is 7.14. The van der Waals surface area contributed by atoms with Gasteiger partial charge in [-0.3, -0.25) is 0 Å². The SMILES string of the molecule is CCN1c2ccccc2C2C=C(c3ccc(C4=CC(C)C(c5c6ccc(C)cc6c(-c6ccc(-c7ccc(-c8ccc9c(c8)c8ccccc8n9CC)cc7)cc6)c6ccc(C)cc56)C=C4)cc3)C=CC21. The number of benzene rings is 9. The Bertz CT molecular complexity index is 3870. The van der Waals surface area contributed by atoms with Gasteiger partial charge in [0.2, 0.25) is 0 Å². The minimum Gasteiger partial charge on any atom is -0.364 e. The molecular weight excluding hydrogens is 857 g/mol. The molecule has 71 heavy (non-hydrogen) atoms. The van der Waals surface area contributed by atoms with Crippen LogP contribution in [0.1, 0.15) is 66.0 Å². The Morgan fingerprint density at radius 2 is 1.00 bits per heavy atom. The van der Waals surface area contributed by atoms with Gasteiger partial charge in [0.15, 0.2) is 0 Å². The van der Waals surface area contributed by atoms with Gasteiger partial charge in [-0.15, -0.1) is 0 Å². The van der Waals surface area contributed by atoms with Gasteiger partial charge < -0.3 is 9.47 Å². The monoisotopic (exact) mass is 914 g/mol. The number of fused-ring (bicyclic) bond motifs is 8. The van der Waals surface area contributed by atoms with E-state index in [1.807, 2.05) is 0 Å². The second-order valence-electron chi connectivity index (χ2n) is 20.3. The van der Waals surface area contributed by atoms with Crippen LogP contribution in [0.15, 0.2) is 212 Å². The van der Waals surface area contributed by atoms with Crippen molar-refractivity contribution in [2.75, 3.05) is 11.4 Å². The van der Waals surface area contributed by atoms with Crippen LogP contribution < -0.4 is 4.90 Å². The largest absolute Gasteiger partial charge is 0.364 e. The van der Waals surface area contributed by atoms with Crippen LogP contribution in [-0.2, 0) is 6.54 Å². The number of rotatable bonds is 8. The number of hydrogen-bond donors (Lipinski definition) is 0. The molecule has 9 aromatic carbocycles. The lowest BCUT2D eigenvalue weighted by atomic mass is 9.75. The minimum absolute atomic E-state index is 0.230. The molecule has 4 unspecified atom stereocenters. The summed E-state index contributed by atoms with van der Waals surface area (Å²) in [5.41, 5.74) is 22.0. The summed E-state index contributed by atoms with van der Waals surface area (Å²) < 4.78 is 2.42. The molecule has 0 saturated carbocycles. The lowest BCUT2D eigenvalue weighted by Gasteiger charge is -2.28. The van der Waals surface area contributed by atoms with Crippen molar-refractivity contribution in [1.29, 1.82) is 0 Å². The summed E-state index contributed by atoms with van der Waals surface area (Å²) >= 11 is 0. The Morgan fingerprint density at radius 3 is 1.70 bits per heavy atom. The number of nitrogens with zero attached hydrogens (tertiary/aromatic N) is 2. The van der Waals surface area contributed by atoms with Crippen molar-refractivity contribution in [2.45, 2.75) is 59.0 Å². The lowest BCUT2D eigenvalue weighted by Crippen LogP contribution is -2.32. The van der Waals surface area contributed by atoms with Gasteiger partial charge in [-0.05, 0) is 146 Å². The van der Waals surface area contributed by atoms with E-state index in [9.17, 15) is 0 Å². The second kappa shape index (κ2) is 17.2. The zero-order valence-corrected chi connectivity index (χ0v) is 41.3. The van der Waals surface area contributed by atoms with E-state index in [1.165, 1.54) is 127 Å². The number of hydrogen-bond acceptors (Lipinski definition) is 1. The van der Waals surface area contributed by atoms with Gasteiger partial charge in [-0.2, -0.15) is 0 Å².